The van der Waals surface area contributed by atoms with Gasteiger partial charge in [-0.25, -0.2) is 8.78 Å². The Hall–Kier alpha value is -1.46. The first-order valence-electron chi connectivity index (χ1n) is 6.67. The third-order valence-electron chi connectivity index (χ3n) is 3.72. The number of benzene rings is 2. The standard InChI is InChI=1S/C16H14BrF2NO/c1-20-14-8-16(11-4-3-10(18)7-13(11)19)21-15-5-2-9(17)6-12(14)15/h2-7,14,16,20H,8H2,1H3. The molecule has 0 amide bonds. The molecular formula is C16H14BrF2NO. The predicted molar refractivity (Wildman–Crippen MR) is 80.3 cm³/mol. The van der Waals surface area contributed by atoms with Crippen molar-refractivity contribution in [1.29, 1.82) is 0 Å². The van der Waals surface area contributed by atoms with Gasteiger partial charge in [-0.05, 0) is 37.4 Å². The summed E-state index contributed by atoms with van der Waals surface area (Å²) in [4.78, 5) is 0. The highest BCUT2D eigenvalue weighted by atomic mass is 79.9. The maximum absolute atomic E-state index is 14.0. The summed E-state index contributed by atoms with van der Waals surface area (Å²) in [6, 6.07) is 9.39. The maximum atomic E-state index is 14.0. The first-order valence-corrected chi connectivity index (χ1v) is 7.46. The second-order valence-electron chi connectivity index (χ2n) is 5.03. The molecule has 2 nitrogen and oxygen atoms in total. The summed E-state index contributed by atoms with van der Waals surface area (Å²) in [5.74, 6) is -0.436. The average molecular weight is 354 g/mol. The van der Waals surface area contributed by atoms with E-state index in [1.807, 2.05) is 25.2 Å². The van der Waals surface area contributed by atoms with Crippen LogP contribution >= 0.6 is 15.9 Å². The van der Waals surface area contributed by atoms with Crippen LogP contribution in [-0.4, -0.2) is 7.05 Å². The Morgan fingerprint density at radius 1 is 1.14 bits per heavy atom. The van der Waals surface area contributed by atoms with Gasteiger partial charge in [0.05, 0.1) is 0 Å². The molecule has 1 aliphatic heterocycles. The Morgan fingerprint density at radius 3 is 2.67 bits per heavy atom. The number of fused-ring (bicyclic) bond motifs is 1. The van der Waals surface area contributed by atoms with E-state index in [4.69, 9.17) is 4.74 Å². The van der Waals surface area contributed by atoms with Crippen LogP contribution in [0.25, 0.3) is 0 Å². The van der Waals surface area contributed by atoms with Crippen molar-refractivity contribution in [2.75, 3.05) is 7.05 Å². The van der Waals surface area contributed by atoms with Crippen molar-refractivity contribution in [1.82, 2.24) is 5.32 Å². The van der Waals surface area contributed by atoms with Crippen LogP contribution in [-0.2, 0) is 0 Å². The van der Waals surface area contributed by atoms with Crippen LogP contribution in [0, 0.1) is 11.6 Å². The molecule has 110 valence electrons. The van der Waals surface area contributed by atoms with Crippen LogP contribution in [0.3, 0.4) is 0 Å². The molecule has 0 bridgehead atoms. The highest BCUT2D eigenvalue weighted by Gasteiger charge is 2.30. The minimum atomic E-state index is -0.582. The van der Waals surface area contributed by atoms with E-state index in [1.165, 1.54) is 12.1 Å². The van der Waals surface area contributed by atoms with Gasteiger partial charge in [-0.2, -0.15) is 0 Å². The fourth-order valence-electron chi connectivity index (χ4n) is 2.67. The van der Waals surface area contributed by atoms with Crippen LogP contribution in [0.4, 0.5) is 8.78 Å². The topological polar surface area (TPSA) is 21.3 Å². The van der Waals surface area contributed by atoms with E-state index in [1.54, 1.807) is 0 Å². The number of halogens is 3. The van der Waals surface area contributed by atoms with Gasteiger partial charge < -0.3 is 10.1 Å². The second-order valence-corrected chi connectivity index (χ2v) is 5.95. The smallest absolute Gasteiger partial charge is 0.133 e. The maximum Gasteiger partial charge on any atom is 0.133 e. The molecule has 1 N–H and O–H groups in total. The first-order chi connectivity index (χ1) is 10.1. The predicted octanol–water partition coefficient (Wildman–Crippen LogP) is 4.51. The van der Waals surface area contributed by atoms with E-state index in [0.717, 1.165) is 21.9 Å². The van der Waals surface area contributed by atoms with Gasteiger partial charge in [0.15, 0.2) is 0 Å². The molecule has 0 spiro atoms. The second kappa shape index (κ2) is 5.73. The van der Waals surface area contributed by atoms with Crippen molar-refractivity contribution in [3.8, 4) is 5.75 Å². The molecule has 1 heterocycles. The molecule has 21 heavy (non-hydrogen) atoms. The Balaban J connectivity index is 1.98. The molecule has 2 aromatic carbocycles. The molecule has 2 unspecified atom stereocenters. The molecule has 3 rings (SSSR count). The van der Waals surface area contributed by atoms with Gasteiger partial charge in [0, 0.05) is 34.1 Å². The molecule has 0 radical (unpaired) electrons. The lowest BCUT2D eigenvalue weighted by Gasteiger charge is -2.32. The van der Waals surface area contributed by atoms with Crippen LogP contribution in [0.15, 0.2) is 40.9 Å². The summed E-state index contributed by atoms with van der Waals surface area (Å²) >= 11 is 3.44. The minimum absolute atomic E-state index is 0.0562. The molecular weight excluding hydrogens is 340 g/mol. The van der Waals surface area contributed by atoms with Crippen molar-refractivity contribution in [2.45, 2.75) is 18.6 Å². The van der Waals surface area contributed by atoms with Crippen LogP contribution < -0.4 is 10.1 Å². The number of rotatable bonds is 2. The Bertz CT molecular complexity index is 677. The fraction of sp³-hybridized carbons (Fsp3) is 0.250. The summed E-state index contributed by atoms with van der Waals surface area (Å²) in [6.07, 6.45) is 0.152. The minimum Gasteiger partial charge on any atom is -0.485 e. The van der Waals surface area contributed by atoms with Crippen molar-refractivity contribution in [3.05, 3.63) is 63.6 Å². The number of nitrogens with one attached hydrogen (secondary N) is 1. The van der Waals surface area contributed by atoms with Gasteiger partial charge in [-0.3, -0.25) is 0 Å². The highest BCUT2D eigenvalue weighted by molar-refractivity contribution is 9.10. The molecule has 0 saturated heterocycles. The zero-order valence-corrected chi connectivity index (χ0v) is 13.0. The highest BCUT2D eigenvalue weighted by Crippen LogP contribution is 2.42. The lowest BCUT2D eigenvalue weighted by Crippen LogP contribution is -2.27. The van der Waals surface area contributed by atoms with E-state index in [9.17, 15) is 8.78 Å². The largest absolute Gasteiger partial charge is 0.485 e. The molecule has 0 fully saturated rings. The van der Waals surface area contributed by atoms with Gasteiger partial charge >= 0.3 is 0 Å². The van der Waals surface area contributed by atoms with Gasteiger partial charge in [0.25, 0.3) is 0 Å². The number of ether oxygens (including phenoxy) is 1. The van der Waals surface area contributed by atoms with Gasteiger partial charge in [-0.1, -0.05) is 15.9 Å². The third kappa shape index (κ3) is 2.80. The monoisotopic (exact) mass is 353 g/mol. The Labute approximate surface area is 130 Å². The molecule has 2 aromatic rings. The van der Waals surface area contributed by atoms with Crippen molar-refractivity contribution in [2.24, 2.45) is 0 Å². The molecule has 2 atom stereocenters. The van der Waals surface area contributed by atoms with E-state index in [-0.39, 0.29) is 6.04 Å². The van der Waals surface area contributed by atoms with E-state index >= 15 is 0 Å². The summed E-state index contributed by atoms with van der Waals surface area (Å²) in [5, 5.41) is 3.22. The van der Waals surface area contributed by atoms with Crippen molar-refractivity contribution < 1.29 is 13.5 Å². The molecule has 0 aromatic heterocycles. The molecule has 0 aliphatic carbocycles. The van der Waals surface area contributed by atoms with E-state index in [0.29, 0.717) is 12.0 Å². The zero-order chi connectivity index (χ0) is 15.0. The molecule has 0 saturated carbocycles. The third-order valence-corrected chi connectivity index (χ3v) is 4.22. The summed E-state index contributed by atoms with van der Waals surface area (Å²) in [5.41, 5.74) is 1.41. The summed E-state index contributed by atoms with van der Waals surface area (Å²) in [7, 11) is 1.86. The van der Waals surface area contributed by atoms with Crippen molar-refractivity contribution in [3.63, 3.8) is 0 Å². The fourth-order valence-corrected chi connectivity index (χ4v) is 3.05. The zero-order valence-electron chi connectivity index (χ0n) is 11.4. The van der Waals surface area contributed by atoms with Crippen molar-refractivity contribution >= 4 is 15.9 Å². The lowest BCUT2D eigenvalue weighted by molar-refractivity contribution is 0.150. The van der Waals surface area contributed by atoms with E-state index in [2.05, 4.69) is 21.2 Å². The lowest BCUT2D eigenvalue weighted by atomic mass is 9.93. The molecule has 5 heteroatoms. The average Bonchev–Trinajstić information content (AvgIpc) is 2.46. The summed E-state index contributed by atoms with van der Waals surface area (Å²) in [6.45, 7) is 0. The van der Waals surface area contributed by atoms with Gasteiger partial charge in [-0.15, -0.1) is 0 Å². The van der Waals surface area contributed by atoms with Crippen LogP contribution in [0.2, 0.25) is 0 Å². The van der Waals surface area contributed by atoms with Crippen LogP contribution in [0.5, 0.6) is 5.75 Å². The first kappa shape index (κ1) is 14.5. The van der Waals surface area contributed by atoms with E-state index < -0.39 is 17.7 Å². The number of hydrogen-bond acceptors (Lipinski definition) is 2. The Kier molecular flexibility index (Phi) is 3.95. The van der Waals surface area contributed by atoms with Crippen LogP contribution in [0.1, 0.15) is 29.7 Å². The quantitative estimate of drug-likeness (QED) is 0.857. The SMILES string of the molecule is CNC1CC(c2ccc(F)cc2F)Oc2ccc(Br)cc21. The normalized spacial score (nSPS) is 20.8. The summed E-state index contributed by atoms with van der Waals surface area (Å²) < 4.78 is 33.9. The Morgan fingerprint density at radius 2 is 1.95 bits per heavy atom. The van der Waals surface area contributed by atoms with Gasteiger partial charge in [0.2, 0.25) is 0 Å². The number of hydrogen-bond donors (Lipinski definition) is 1. The molecule has 1 aliphatic rings. The van der Waals surface area contributed by atoms with Gasteiger partial charge in [0.1, 0.15) is 23.5 Å².